The van der Waals surface area contributed by atoms with Crippen molar-refractivity contribution in [3.05, 3.63) is 86.3 Å². The lowest BCUT2D eigenvalue weighted by Gasteiger charge is -2.11. The number of hydrazone groups is 1. The number of amides is 1. The van der Waals surface area contributed by atoms with Gasteiger partial charge in [-0.2, -0.15) is 10.1 Å². The number of benzene rings is 2. The highest BCUT2D eigenvalue weighted by Crippen LogP contribution is 2.27. The molecule has 146 valence electrons. The number of halogens is 1. The van der Waals surface area contributed by atoms with E-state index in [4.69, 9.17) is 11.6 Å². The number of hydrogen-bond donors (Lipinski definition) is 1. The summed E-state index contributed by atoms with van der Waals surface area (Å²) in [5, 5.41) is 9.27. The van der Waals surface area contributed by atoms with E-state index in [0.717, 1.165) is 11.3 Å². The van der Waals surface area contributed by atoms with Gasteiger partial charge in [-0.3, -0.25) is 14.7 Å². The number of nitrogens with one attached hydrogen (secondary N) is 1. The fraction of sp³-hybridized carbons (Fsp3) is 0.136. The van der Waals surface area contributed by atoms with E-state index in [-0.39, 0.29) is 11.5 Å². The Kier molecular flexibility index (Phi) is 4.72. The second-order valence-electron chi connectivity index (χ2n) is 6.92. The van der Waals surface area contributed by atoms with Crippen molar-refractivity contribution in [1.82, 2.24) is 9.78 Å². The molecule has 1 aliphatic rings. The van der Waals surface area contributed by atoms with Gasteiger partial charge in [0.15, 0.2) is 0 Å². The predicted octanol–water partition coefficient (Wildman–Crippen LogP) is 4.24. The van der Waals surface area contributed by atoms with Crippen molar-refractivity contribution < 1.29 is 4.79 Å². The van der Waals surface area contributed by atoms with E-state index in [2.05, 4.69) is 10.2 Å². The third-order valence-electron chi connectivity index (χ3n) is 4.88. The van der Waals surface area contributed by atoms with Crippen LogP contribution in [0.1, 0.15) is 23.7 Å². The fourth-order valence-electron chi connectivity index (χ4n) is 3.32. The molecule has 2 heterocycles. The molecule has 2 aromatic carbocycles. The number of aromatic amines is 1. The van der Waals surface area contributed by atoms with Crippen molar-refractivity contribution >= 4 is 35.0 Å². The van der Waals surface area contributed by atoms with E-state index in [1.165, 1.54) is 9.69 Å². The number of nitrogens with zero attached hydrogens (tertiary/aromatic N) is 3. The van der Waals surface area contributed by atoms with Crippen molar-refractivity contribution in [3.8, 4) is 5.69 Å². The molecule has 1 aliphatic heterocycles. The summed E-state index contributed by atoms with van der Waals surface area (Å²) in [6, 6.07) is 14.5. The topological polar surface area (TPSA) is 70.5 Å². The van der Waals surface area contributed by atoms with E-state index in [0.29, 0.717) is 33.3 Å². The van der Waals surface area contributed by atoms with E-state index in [9.17, 15) is 9.59 Å². The molecule has 6 nitrogen and oxygen atoms in total. The van der Waals surface area contributed by atoms with E-state index in [1.54, 1.807) is 37.3 Å². The zero-order chi connectivity index (χ0) is 20.7. The largest absolute Gasteiger partial charge is 0.295 e. The number of rotatable bonds is 3. The van der Waals surface area contributed by atoms with Gasteiger partial charge in [-0.05, 0) is 56.7 Å². The molecule has 0 fully saturated rings. The summed E-state index contributed by atoms with van der Waals surface area (Å²) < 4.78 is 1.50. The van der Waals surface area contributed by atoms with E-state index >= 15 is 0 Å². The molecule has 0 radical (unpaired) electrons. The molecule has 0 atom stereocenters. The number of anilines is 1. The van der Waals surface area contributed by atoms with Crippen LogP contribution in [-0.4, -0.2) is 21.4 Å². The Balaban J connectivity index is 1.76. The minimum absolute atomic E-state index is 0.217. The van der Waals surface area contributed by atoms with Crippen LogP contribution < -0.4 is 10.6 Å². The van der Waals surface area contributed by atoms with Crippen molar-refractivity contribution in [2.75, 3.05) is 5.01 Å². The van der Waals surface area contributed by atoms with Gasteiger partial charge < -0.3 is 0 Å². The van der Waals surface area contributed by atoms with Gasteiger partial charge in [-0.25, -0.2) is 4.68 Å². The van der Waals surface area contributed by atoms with E-state index < -0.39 is 0 Å². The van der Waals surface area contributed by atoms with Gasteiger partial charge in [0.1, 0.15) is 0 Å². The van der Waals surface area contributed by atoms with Gasteiger partial charge in [0.05, 0.1) is 28.2 Å². The van der Waals surface area contributed by atoms with Gasteiger partial charge in [0.2, 0.25) is 0 Å². The average Bonchev–Trinajstić information content (AvgIpc) is 3.13. The second kappa shape index (κ2) is 7.22. The third-order valence-corrected chi connectivity index (χ3v) is 5.11. The lowest BCUT2D eigenvalue weighted by molar-refractivity contribution is -0.114. The first-order valence-electron chi connectivity index (χ1n) is 9.11. The van der Waals surface area contributed by atoms with Gasteiger partial charge in [-0.15, -0.1) is 0 Å². The molecule has 4 rings (SSSR count). The average molecular weight is 407 g/mol. The zero-order valence-corrected chi connectivity index (χ0v) is 17.0. The Morgan fingerprint density at radius 1 is 1.03 bits per heavy atom. The monoisotopic (exact) mass is 406 g/mol. The molecule has 0 saturated carbocycles. The van der Waals surface area contributed by atoms with Gasteiger partial charge in [0, 0.05) is 10.7 Å². The van der Waals surface area contributed by atoms with Crippen LogP contribution in [0.5, 0.6) is 0 Å². The van der Waals surface area contributed by atoms with Crippen molar-refractivity contribution in [3.63, 3.8) is 0 Å². The third kappa shape index (κ3) is 3.32. The normalized spacial score (nSPS) is 15.3. The molecular weight excluding hydrogens is 388 g/mol. The molecular formula is C22H19ClN4O2. The second-order valence-corrected chi connectivity index (χ2v) is 7.35. The summed E-state index contributed by atoms with van der Waals surface area (Å²) in [5.41, 5.74) is 4.12. The maximum atomic E-state index is 13.0. The number of hydrogen-bond acceptors (Lipinski definition) is 3. The smallest absolute Gasteiger partial charge is 0.280 e. The van der Waals surface area contributed by atoms with Crippen LogP contribution in [0.4, 0.5) is 5.69 Å². The lowest BCUT2D eigenvalue weighted by Crippen LogP contribution is -2.22. The maximum Gasteiger partial charge on any atom is 0.280 e. The predicted molar refractivity (Wildman–Crippen MR) is 116 cm³/mol. The molecule has 0 saturated heterocycles. The van der Waals surface area contributed by atoms with Gasteiger partial charge in [0.25, 0.3) is 11.5 Å². The Morgan fingerprint density at radius 2 is 1.79 bits per heavy atom. The molecule has 0 spiro atoms. The maximum absolute atomic E-state index is 13.0. The first-order valence-corrected chi connectivity index (χ1v) is 9.49. The molecule has 0 aliphatic carbocycles. The number of H-pyrrole nitrogens is 1. The Bertz CT molecular complexity index is 1250. The molecule has 7 heteroatoms. The molecule has 1 N–H and O–H groups in total. The number of carbonyl (C=O) groups is 1. The molecule has 1 aromatic heterocycles. The highest BCUT2D eigenvalue weighted by Gasteiger charge is 2.29. The molecule has 29 heavy (non-hydrogen) atoms. The standard InChI is InChI=1S/C22H19ClN4O2/c1-13-7-4-5-10-20(13)27-22(29)19(15(3)25-27)12-18-14(2)24-26(21(18)28)17-9-6-8-16(23)11-17/h4-12,25H,1-3H3/b18-12-. The highest BCUT2D eigenvalue weighted by molar-refractivity contribution is 6.33. The molecule has 3 aromatic rings. The number of para-hydroxylation sites is 1. The molecule has 1 amide bonds. The van der Waals surface area contributed by atoms with Crippen LogP contribution >= 0.6 is 11.6 Å². The Morgan fingerprint density at radius 3 is 2.52 bits per heavy atom. The number of aryl methyl sites for hydroxylation is 2. The summed E-state index contributed by atoms with van der Waals surface area (Å²) in [4.78, 5) is 26.0. The molecule has 0 unspecified atom stereocenters. The first kappa shape index (κ1) is 19.0. The lowest BCUT2D eigenvalue weighted by atomic mass is 10.1. The van der Waals surface area contributed by atoms with Crippen LogP contribution in [-0.2, 0) is 4.79 Å². The first-order chi connectivity index (χ1) is 13.9. The quantitative estimate of drug-likeness (QED) is 0.661. The van der Waals surface area contributed by atoms with Gasteiger partial charge >= 0.3 is 0 Å². The summed E-state index contributed by atoms with van der Waals surface area (Å²) in [5.74, 6) is -0.299. The zero-order valence-electron chi connectivity index (χ0n) is 16.2. The number of aromatic nitrogens is 2. The summed E-state index contributed by atoms with van der Waals surface area (Å²) in [6.07, 6.45) is 1.61. The van der Waals surface area contributed by atoms with Crippen molar-refractivity contribution in [1.29, 1.82) is 0 Å². The van der Waals surface area contributed by atoms with Gasteiger partial charge in [-0.1, -0.05) is 35.9 Å². The SMILES string of the molecule is CC1=NN(c2cccc(Cl)c2)C(=O)/C1=C\c1c(C)[nH]n(-c2ccccc2C)c1=O. The Hall–Kier alpha value is -3.38. The van der Waals surface area contributed by atoms with Crippen molar-refractivity contribution in [2.24, 2.45) is 5.10 Å². The van der Waals surface area contributed by atoms with Crippen molar-refractivity contribution in [2.45, 2.75) is 20.8 Å². The van der Waals surface area contributed by atoms with Crippen LogP contribution in [0.25, 0.3) is 11.8 Å². The van der Waals surface area contributed by atoms with Crippen LogP contribution in [0.2, 0.25) is 5.02 Å². The minimum Gasteiger partial charge on any atom is -0.295 e. The summed E-state index contributed by atoms with van der Waals surface area (Å²) >= 11 is 6.04. The molecule has 0 bridgehead atoms. The number of carbonyl (C=O) groups excluding carboxylic acids is 1. The minimum atomic E-state index is -0.299. The highest BCUT2D eigenvalue weighted by atomic mass is 35.5. The summed E-state index contributed by atoms with van der Waals surface area (Å²) in [7, 11) is 0. The van der Waals surface area contributed by atoms with E-state index in [1.807, 2.05) is 38.1 Å². The van der Waals surface area contributed by atoms with Crippen LogP contribution in [0, 0.1) is 13.8 Å². The van der Waals surface area contributed by atoms with Crippen LogP contribution in [0.15, 0.2) is 64.0 Å². The fourth-order valence-corrected chi connectivity index (χ4v) is 3.51. The Labute approximate surface area is 172 Å². The van der Waals surface area contributed by atoms with Crippen LogP contribution in [0.3, 0.4) is 0 Å². The summed E-state index contributed by atoms with van der Waals surface area (Å²) in [6.45, 7) is 5.50.